The van der Waals surface area contributed by atoms with E-state index < -0.39 is 11.8 Å². The summed E-state index contributed by atoms with van der Waals surface area (Å²) in [6.07, 6.45) is 0. The number of benzene rings is 2. The lowest BCUT2D eigenvalue weighted by atomic mass is 10.0. The lowest BCUT2D eigenvalue weighted by Crippen LogP contribution is -2.37. The van der Waals surface area contributed by atoms with Crippen molar-refractivity contribution >= 4 is 34.7 Å². The van der Waals surface area contributed by atoms with E-state index in [2.05, 4.69) is 0 Å². The number of aryl methyl sites for hydroxylation is 1. The third-order valence-electron chi connectivity index (χ3n) is 5.30. The van der Waals surface area contributed by atoms with Gasteiger partial charge in [-0.2, -0.15) is 0 Å². The summed E-state index contributed by atoms with van der Waals surface area (Å²) in [6, 6.07) is 12.2. The highest BCUT2D eigenvalue weighted by molar-refractivity contribution is 6.45. The summed E-state index contributed by atoms with van der Waals surface area (Å²) in [6.45, 7) is 3.50. The van der Waals surface area contributed by atoms with Crippen LogP contribution in [-0.4, -0.2) is 64.3 Å². The lowest BCUT2D eigenvalue weighted by molar-refractivity contribution is -0.120. The minimum atomic E-state index is -0.409. The molecule has 0 atom stereocenters. The average molecular weight is 459 g/mol. The third-order valence-corrected chi connectivity index (χ3v) is 5.71. The number of anilines is 1. The van der Waals surface area contributed by atoms with Gasteiger partial charge in [-0.15, -0.1) is 0 Å². The Morgan fingerprint density at radius 1 is 0.906 bits per heavy atom. The molecular formula is C24H27ClN2O5. The van der Waals surface area contributed by atoms with Gasteiger partial charge in [0.05, 0.1) is 31.6 Å². The van der Waals surface area contributed by atoms with Gasteiger partial charge in [0.1, 0.15) is 11.4 Å². The minimum Gasteiger partial charge on any atom is -0.497 e. The van der Waals surface area contributed by atoms with Gasteiger partial charge in [-0.1, -0.05) is 29.8 Å². The number of methoxy groups -OCH3 is 3. The van der Waals surface area contributed by atoms with Gasteiger partial charge in [-0.05, 0) is 42.3 Å². The highest BCUT2D eigenvalue weighted by Crippen LogP contribution is 2.36. The molecule has 3 rings (SSSR count). The zero-order valence-corrected chi connectivity index (χ0v) is 19.4. The number of carbonyl (C=O) groups is 2. The molecule has 1 heterocycles. The third kappa shape index (κ3) is 4.80. The van der Waals surface area contributed by atoms with Crippen molar-refractivity contribution in [3.8, 4) is 5.75 Å². The van der Waals surface area contributed by atoms with Gasteiger partial charge < -0.3 is 19.1 Å². The number of hydrogen-bond donors (Lipinski definition) is 0. The number of nitrogens with zero attached hydrogens (tertiary/aromatic N) is 2. The Bertz CT molecular complexity index is 1010. The maximum absolute atomic E-state index is 13.6. The summed E-state index contributed by atoms with van der Waals surface area (Å²) in [5.41, 5.74) is 2.54. The standard InChI is InChI=1S/C24H27ClN2O5/c1-16-5-8-18(15-20(16)25)27-23(28)21(17-6-9-19(32-4)10-7-17)22(24(27)29)26(11-13-30-2)12-14-31-3/h5-10,15H,11-14H2,1-4H3. The molecule has 0 bridgehead atoms. The second-order valence-corrected chi connectivity index (χ2v) is 7.71. The van der Waals surface area contributed by atoms with E-state index in [-0.39, 0.29) is 0 Å². The van der Waals surface area contributed by atoms with Gasteiger partial charge in [0.2, 0.25) is 0 Å². The van der Waals surface area contributed by atoms with E-state index in [4.69, 9.17) is 25.8 Å². The van der Waals surface area contributed by atoms with Crippen LogP contribution in [0.1, 0.15) is 11.1 Å². The van der Waals surface area contributed by atoms with E-state index in [1.165, 1.54) is 4.90 Å². The average Bonchev–Trinajstić information content (AvgIpc) is 3.06. The van der Waals surface area contributed by atoms with Crippen molar-refractivity contribution in [1.29, 1.82) is 0 Å². The molecule has 0 unspecified atom stereocenters. The normalized spacial score (nSPS) is 13.8. The Morgan fingerprint density at radius 3 is 2.06 bits per heavy atom. The molecule has 0 N–H and O–H groups in total. The second kappa shape index (κ2) is 10.6. The first-order valence-corrected chi connectivity index (χ1v) is 10.6. The van der Waals surface area contributed by atoms with Crippen molar-refractivity contribution in [2.45, 2.75) is 6.92 Å². The zero-order chi connectivity index (χ0) is 23.3. The highest BCUT2D eigenvalue weighted by Gasteiger charge is 2.42. The molecule has 0 radical (unpaired) electrons. The topological polar surface area (TPSA) is 68.3 Å². The predicted octanol–water partition coefficient (Wildman–Crippen LogP) is 3.54. The minimum absolute atomic E-state index is 0.311. The van der Waals surface area contributed by atoms with E-state index in [1.54, 1.807) is 63.8 Å². The molecule has 8 heteroatoms. The van der Waals surface area contributed by atoms with E-state index in [1.807, 2.05) is 11.8 Å². The van der Waals surface area contributed by atoms with Gasteiger partial charge in [0.25, 0.3) is 11.8 Å². The summed E-state index contributed by atoms with van der Waals surface area (Å²) < 4.78 is 15.7. The molecule has 2 aromatic rings. The zero-order valence-electron chi connectivity index (χ0n) is 18.7. The number of rotatable bonds is 10. The van der Waals surface area contributed by atoms with Crippen LogP contribution in [0.2, 0.25) is 5.02 Å². The molecule has 2 amide bonds. The molecule has 0 fully saturated rings. The first-order chi connectivity index (χ1) is 15.4. The van der Waals surface area contributed by atoms with Crippen LogP contribution < -0.4 is 9.64 Å². The van der Waals surface area contributed by atoms with Crippen molar-refractivity contribution in [1.82, 2.24) is 4.90 Å². The monoisotopic (exact) mass is 458 g/mol. The van der Waals surface area contributed by atoms with E-state index in [0.29, 0.717) is 59.6 Å². The molecule has 7 nitrogen and oxygen atoms in total. The van der Waals surface area contributed by atoms with Crippen molar-refractivity contribution in [3.05, 3.63) is 64.3 Å². The smallest absolute Gasteiger partial charge is 0.282 e. The van der Waals surface area contributed by atoms with Gasteiger partial charge in [0.15, 0.2) is 0 Å². The first-order valence-electron chi connectivity index (χ1n) is 10.2. The Balaban J connectivity index is 2.13. The van der Waals surface area contributed by atoms with Crippen LogP contribution in [0.25, 0.3) is 5.57 Å². The Hall–Kier alpha value is -2.87. The number of ether oxygens (including phenoxy) is 3. The fourth-order valence-electron chi connectivity index (χ4n) is 3.52. The number of hydrogen-bond acceptors (Lipinski definition) is 6. The number of amides is 2. The maximum Gasteiger partial charge on any atom is 0.282 e. The van der Waals surface area contributed by atoms with Crippen molar-refractivity contribution in [2.75, 3.05) is 52.5 Å². The van der Waals surface area contributed by atoms with Crippen LogP contribution in [0.5, 0.6) is 5.75 Å². The highest BCUT2D eigenvalue weighted by atomic mass is 35.5. The molecular weight excluding hydrogens is 432 g/mol. The Kier molecular flexibility index (Phi) is 7.90. The van der Waals surface area contributed by atoms with E-state index in [0.717, 1.165) is 5.56 Å². The van der Waals surface area contributed by atoms with Crippen LogP contribution >= 0.6 is 11.6 Å². The van der Waals surface area contributed by atoms with Crippen molar-refractivity contribution < 1.29 is 23.8 Å². The summed E-state index contributed by atoms with van der Waals surface area (Å²) in [7, 11) is 4.76. The van der Waals surface area contributed by atoms with Crippen LogP contribution in [0.15, 0.2) is 48.2 Å². The van der Waals surface area contributed by atoms with Crippen molar-refractivity contribution in [2.24, 2.45) is 0 Å². The fourth-order valence-corrected chi connectivity index (χ4v) is 3.70. The van der Waals surface area contributed by atoms with Crippen LogP contribution in [0.4, 0.5) is 5.69 Å². The van der Waals surface area contributed by atoms with Gasteiger partial charge >= 0.3 is 0 Å². The molecule has 0 aromatic heterocycles. The number of imide groups is 1. The first kappa shape index (κ1) is 23.8. The molecule has 170 valence electrons. The summed E-state index contributed by atoms with van der Waals surface area (Å²) in [5.74, 6) is -0.159. The fraction of sp³-hybridized carbons (Fsp3) is 0.333. The van der Waals surface area contributed by atoms with Crippen LogP contribution in [-0.2, 0) is 19.1 Å². The number of carbonyl (C=O) groups excluding carboxylic acids is 2. The number of halogens is 1. The summed E-state index contributed by atoms with van der Waals surface area (Å²) in [4.78, 5) is 30.3. The SMILES string of the molecule is COCCN(CCOC)C1=C(c2ccc(OC)cc2)C(=O)N(c2ccc(C)c(Cl)c2)C1=O. The van der Waals surface area contributed by atoms with Crippen LogP contribution in [0.3, 0.4) is 0 Å². The largest absolute Gasteiger partial charge is 0.497 e. The summed E-state index contributed by atoms with van der Waals surface area (Å²) >= 11 is 6.29. The molecule has 2 aromatic carbocycles. The van der Waals surface area contributed by atoms with Crippen molar-refractivity contribution in [3.63, 3.8) is 0 Å². The molecule has 32 heavy (non-hydrogen) atoms. The van der Waals surface area contributed by atoms with Gasteiger partial charge in [0, 0.05) is 32.3 Å². The quantitative estimate of drug-likeness (QED) is 0.507. The Labute approximate surface area is 193 Å². The lowest BCUT2D eigenvalue weighted by Gasteiger charge is -2.25. The van der Waals surface area contributed by atoms with Gasteiger partial charge in [-0.3, -0.25) is 9.59 Å². The van der Waals surface area contributed by atoms with E-state index in [9.17, 15) is 9.59 Å². The molecule has 0 aliphatic carbocycles. The van der Waals surface area contributed by atoms with Gasteiger partial charge in [-0.25, -0.2) is 4.90 Å². The maximum atomic E-state index is 13.6. The molecule has 0 saturated heterocycles. The Morgan fingerprint density at radius 2 is 1.53 bits per heavy atom. The molecule has 1 aliphatic heterocycles. The predicted molar refractivity (Wildman–Crippen MR) is 124 cm³/mol. The molecule has 0 spiro atoms. The van der Waals surface area contributed by atoms with E-state index >= 15 is 0 Å². The second-order valence-electron chi connectivity index (χ2n) is 7.30. The molecule has 1 aliphatic rings. The molecule has 0 saturated carbocycles. The van der Waals surface area contributed by atoms with Crippen LogP contribution in [0, 0.1) is 6.92 Å². The summed E-state index contributed by atoms with van der Waals surface area (Å²) in [5, 5.41) is 0.484.